The monoisotopic (exact) mass is 253 g/mol. The highest BCUT2D eigenvalue weighted by atomic mass is 15.1. The Morgan fingerprint density at radius 1 is 1.05 bits per heavy atom. The fourth-order valence-electron chi connectivity index (χ4n) is 2.47. The van der Waals surface area contributed by atoms with E-state index in [1.54, 1.807) is 6.20 Å². The molecular formula is C16H19N3. The van der Waals surface area contributed by atoms with Crippen molar-refractivity contribution in [2.45, 2.75) is 19.4 Å². The Hall–Kier alpha value is -2.03. The predicted molar refractivity (Wildman–Crippen MR) is 79.5 cm³/mol. The fraction of sp³-hybridized carbons (Fsp3) is 0.312. The molecule has 2 heterocycles. The largest absolute Gasteiger partial charge is 0.381 e. The van der Waals surface area contributed by atoms with Crippen molar-refractivity contribution in [3.8, 4) is 0 Å². The molecule has 1 aliphatic heterocycles. The van der Waals surface area contributed by atoms with Crippen LogP contribution < -0.4 is 10.2 Å². The van der Waals surface area contributed by atoms with Gasteiger partial charge in [0.05, 0.1) is 0 Å². The Balaban J connectivity index is 1.60. The second-order valence-electron chi connectivity index (χ2n) is 4.96. The van der Waals surface area contributed by atoms with Gasteiger partial charge in [-0.1, -0.05) is 6.07 Å². The third-order valence-corrected chi connectivity index (χ3v) is 3.56. The highest BCUT2D eigenvalue weighted by Crippen LogP contribution is 2.22. The lowest BCUT2D eigenvalue weighted by Crippen LogP contribution is -2.17. The van der Waals surface area contributed by atoms with Crippen molar-refractivity contribution in [1.29, 1.82) is 0 Å². The third-order valence-electron chi connectivity index (χ3n) is 3.56. The first-order valence-electron chi connectivity index (χ1n) is 6.89. The molecule has 1 aromatic carbocycles. The minimum Gasteiger partial charge on any atom is -0.381 e. The zero-order valence-electron chi connectivity index (χ0n) is 11.0. The zero-order chi connectivity index (χ0) is 12.9. The number of aromatic nitrogens is 1. The molecule has 1 aliphatic rings. The quantitative estimate of drug-likeness (QED) is 0.906. The molecule has 1 N–H and O–H groups in total. The second kappa shape index (κ2) is 5.74. The first-order chi connectivity index (χ1) is 9.42. The van der Waals surface area contributed by atoms with Crippen LogP contribution in [0.25, 0.3) is 0 Å². The van der Waals surface area contributed by atoms with Crippen LogP contribution >= 0.6 is 0 Å². The molecule has 0 spiro atoms. The first-order valence-corrected chi connectivity index (χ1v) is 6.89. The number of pyridine rings is 1. The Bertz CT molecular complexity index is 501. The van der Waals surface area contributed by atoms with Crippen LogP contribution in [-0.4, -0.2) is 18.1 Å². The van der Waals surface area contributed by atoms with Crippen molar-refractivity contribution >= 4 is 11.4 Å². The van der Waals surface area contributed by atoms with E-state index in [0.717, 1.165) is 12.2 Å². The average Bonchev–Trinajstić information content (AvgIpc) is 3.01. The SMILES string of the molecule is c1cncc(CNc2ccc(N3CCCC3)cc2)c1. The van der Waals surface area contributed by atoms with Crippen LogP contribution in [0.1, 0.15) is 18.4 Å². The van der Waals surface area contributed by atoms with Crippen molar-refractivity contribution < 1.29 is 0 Å². The summed E-state index contributed by atoms with van der Waals surface area (Å²) in [5, 5.41) is 3.42. The van der Waals surface area contributed by atoms with Crippen LogP contribution in [0.4, 0.5) is 11.4 Å². The molecule has 1 fully saturated rings. The number of nitrogens with one attached hydrogen (secondary N) is 1. The van der Waals surface area contributed by atoms with Gasteiger partial charge in [-0.2, -0.15) is 0 Å². The molecule has 3 nitrogen and oxygen atoms in total. The molecule has 1 aromatic heterocycles. The van der Waals surface area contributed by atoms with Crippen molar-refractivity contribution in [2.75, 3.05) is 23.3 Å². The third kappa shape index (κ3) is 3.05. The van der Waals surface area contributed by atoms with E-state index in [1.165, 1.54) is 37.2 Å². The highest BCUT2D eigenvalue weighted by Gasteiger charge is 2.11. The van der Waals surface area contributed by atoms with Gasteiger partial charge in [-0.15, -0.1) is 0 Å². The minimum absolute atomic E-state index is 0.816. The van der Waals surface area contributed by atoms with E-state index in [4.69, 9.17) is 0 Å². The Morgan fingerprint density at radius 2 is 1.84 bits per heavy atom. The summed E-state index contributed by atoms with van der Waals surface area (Å²) < 4.78 is 0. The van der Waals surface area contributed by atoms with Crippen LogP contribution in [0, 0.1) is 0 Å². The van der Waals surface area contributed by atoms with Crippen LogP contribution in [0.15, 0.2) is 48.8 Å². The number of hydrogen-bond acceptors (Lipinski definition) is 3. The van der Waals surface area contributed by atoms with Gasteiger partial charge in [-0.3, -0.25) is 4.98 Å². The molecule has 0 amide bonds. The van der Waals surface area contributed by atoms with Gasteiger partial charge in [-0.05, 0) is 48.7 Å². The van der Waals surface area contributed by atoms with Crippen LogP contribution in [0.2, 0.25) is 0 Å². The predicted octanol–water partition coefficient (Wildman–Crippen LogP) is 3.29. The summed E-state index contributed by atoms with van der Waals surface area (Å²) in [5.74, 6) is 0. The summed E-state index contributed by atoms with van der Waals surface area (Å²) in [4.78, 5) is 6.57. The Kier molecular flexibility index (Phi) is 3.63. The standard InChI is InChI=1S/C16H19N3/c1-2-11-19(10-1)16-7-5-15(6-8-16)18-13-14-4-3-9-17-12-14/h3-9,12,18H,1-2,10-11,13H2. The van der Waals surface area contributed by atoms with Gasteiger partial charge in [0.2, 0.25) is 0 Å². The first kappa shape index (κ1) is 12.0. The Morgan fingerprint density at radius 3 is 2.53 bits per heavy atom. The lowest BCUT2D eigenvalue weighted by Gasteiger charge is -2.18. The van der Waals surface area contributed by atoms with Gasteiger partial charge in [0.25, 0.3) is 0 Å². The van der Waals surface area contributed by atoms with Gasteiger partial charge in [0.15, 0.2) is 0 Å². The molecule has 2 aromatic rings. The van der Waals surface area contributed by atoms with E-state index >= 15 is 0 Å². The number of rotatable bonds is 4. The van der Waals surface area contributed by atoms with Crippen LogP contribution in [0.3, 0.4) is 0 Å². The van der Waals surface area contributed by atoms with E-state index < -0.39 is 0 Å². The van der Waals surface area contributed by atoms with Gasteiger partial charge >= 0.3 is 0 Å². The molecule has 0 atom stereocenters. The fourth-order valence-corrected chi connectivity index (χ4v) is 2.47. The molecular weight excluding hydrogens is 234 g/mol. The molecule has 0 saturated carbocycles. The molecule has 1 saturated heterocycles. The number of nitrogens with zero attached hydrogens (tertiary/aromatic N) is 2. The number of anilines is 2. The maximum Gasteiger partial charge on any atom is 0.0416 e. The molecule has 98 valence electrons. The molecule has 3 rings (SSSR count). The van der Waals surface area contributed by atoms with Crippen molar-refractivity contribution in [3.63, 3.8) is 0 Å². The summed E-state index contributed by atoms with van der Waals surface area (Å²) in [5.41, 5.74) is 3.70. The van der Waals surface area contributed by atoms with E-state index in [0.29, 0.717) is 0 Å². The average molecular weight is 253 g/mol. The summed E-state index contributed by atoms with van der Waals surface area (Å²) in [6.07, 6.45) is 6.34. The molecule has 0 aliphatic carbocycles. The summed E-state index contributed by atoms with van der Waals surface area (Å²) >= 11 is 0. The lowest BCUT2D eigenvalue weighted by atomic mass is 10.2. The topological polar surface area (TPSA) is 28.2 Å². The summed E-state index contributed by atoms with van der Waals surface area (Å²) in [6, 6.07) is 12.8. The summed E-state index contributed by atoms with van der Waals surface area (Å²) in [7, 11) is 0. The van der Waals surface area contributed by atoms with E-state index in [2.05, 4.69) is 45.5 Å². The number of hydrogen-bond donors (Lipinski definition) is 1. The molecule has 3 heteroatoms. The second-order valence-corrected chi connectivity index (χ2v) is 4.96. The molecule has 0 bridgehead atoms. The lowest BCUT2D eigenvalue weighted by molar-refractivity contribution is 0.949. The maximum absolute atomic E-state index is 4.12. The van der Waals surface area contributed by atoms with Gasteiger partial charge in [0, 0.05) is 43.4 Å². The van der Waals surface area contributed by atoms with Crippen molar-refractivity contribution in [2.24, 2.45) is 0 Å². The molecule has 0 unspecified atom stereocenters. The van der Waals surface area contributed by atoms with Gasteiger partial charge in [-0.25, -0.2) is 0 Å². The maximum atomic E-state index is 4.12. The Labute approximate surface area is 114 Å². The van der Waals surface area contributed by atoms with Crippen molar-refractivity contribution in [3.05, 3.63) is 54.4 Å². The smallest absolute Gasteiger partial charge is 0.0416 e. The van der Waals surface area contributed by atoms with Gasteiger partial charge in [0.1, 0.15) is 0 Å². The zero-order valence-corrected chi connectivity index (χ0v) is 11.0. The van der Waals surface area contributed by atoms with E-state index in [1.807, 2.05) is 12.3 Å². The van der Waals surface area contributed by atoms with E-state index in [9.17, 15) is 0 Å². The summed E-state index contributed by atoms with van der Waals surface area (Å²) in [6.45, 7) is 3.21. The van der Waals surface area contributed by atoms with E-state index in [-0.39, 0.29) is 0 Å². The normalized spacial score (nSPS) is 14.6. The minimum atomic E-state index is 0.816. The highest BCUT2D eigenvalue weighted by molar-refractivity contribution is 5.55. The van der Waals surface area contributed by atoms with Crippen LogP contribution in [0.5, 0.6) is 0 Å². The number of benzene rings is 1. The van der Waals surface area contributed by atoms with Gasteiger partial charge < -0.3 is 10.2 Å². The van der Waals surface area contributed by atoms with Crippen LogP contribution in [-0.2, 0) is 6.54 Å². The van der Waals surface area contributed by atoms with Crippen molar-refractivity contribution in [1.82, 2.24) is 4.98 Å². The molecule has 19 heavy (non-hydrogen) atoms. The molecule has 0 radical (unpaired) electrons.